The van der Waals surface area contributed by atoms with E-state index in [1.165, 1.54) is 12.1 Å². The zero-order valence-electron chi connectivity index (χ0n) is 15.7. The SMILES string of the molecule is CCCc1ccc(-c2cc(F)c(-c3ccc(CCC)cc3F)cc2F)cc1. The minimum absolute atomic E-state index is 0.0561. The van der Waals surface area contributed by atoms with Crippen molar-refractivity contribution in [2.24, 2.45) is 0 Å². The molecule has 0 aliphatic heterocycles. The lowest BCUT2D eigenvalue weighted by molar-refractivity contribution is 0.600. The molecule has 0 aliphatic carbocycles. The molecule has 3 aromatic carbocycles. The molecule has 3 rings (SSSR count). The van der Waals surface area contributed by atoms with Gasteiger partial charge >= 0.3 is 0 Å². The van der Waals surface area contributed by atoms with Gasteiger partial charge in [-0.25, -0.2) is 13.2 Å². The number of benzene rings is 3. The first kappa shape index (κ1) is 19.2. The van der Waals surface area contributed by atoms with Crippen molar-refractivity contribution in [3.8, 4) is 22.3 Å². The molecule has 0 saturated heterocycles. The predicted molar refractivity (Wildman–Crippen MR) is 105 cm³/mol. The summed E-state index contributed by atoms with van der Waals surface area (Å²) in [6, 6.07) is 14.4. The lowest BCUT2D eigenvalue weighted by atomic mass is 9.96. The Morgan fingerprint density at radius 2 is 1.07 bits per heavy atom. The van der Waals surface area contributed by atoms with E-state index in [1.807, 2.05) is 19.1 Å². The van der Waals surface area contributed by atoms with E-state index in [2.05, 4.69) is 6.92 Å². The molecule has 0 aliphatic rings. The van der Waals surface area contributed by atoms with E-state index in [0.717, 1.165) is 48.9 Å². The fourth-order valence-corrected chi connectivity index (χ4v) is 3.34. The Kier molecular flexibility index (Phi) is 6.00. The van der Waals surface area contributed by atoms with Gasteiger partial charge in [-0.15, -0.1) is 0 Å². The van der Waals surface area contributed by atoms with E-state index >= 15 is 0 Å². The van der Waals surface area contributed by atoms with Crippen LogP contribution in [-0.2, 0) is 12.8 Å². The highest BCUT2D eigenvalue weighted by molar-refractivity contribution is 5.72. The van der Waals surface area contributed by atoms with Gasteiger partial charge in [-0.2, -0.15) is 0 Å². The van der Waals surface area contributed by atoms with Crippen molar-refractivity contribution >= 4 is 0 Å². The summed E-state index contributed by atoms with van der Waals surface area (Å²) < 4.78 is 43.8. The van der Waals surface area contributed by atoms with Crippen molar-refractivity contribution in [1.82, 2.24) is 0 Å². The van der Waals surface area contributed by atoms with Crippen molar-refractivity contribution in [1.29, 1.82) is 0 Å². The van der Waals surface area contributed by atoms with Gasteiger partial charge < -0.3 is 0 Å². The number of hydrogen-bond donors (Lipinski definition) is 0. The number of halogens is 3. The minimum atomic E-state index is -0.633. The fraction of sp³-hybridized carbons (Fsp3) is 0.250. The summed E-state index contributed by atoms with van der Waals surface area (Å²) in [5.41, 5.74) is 2.82. The summed E-state index contributed by atoms with van der Waals surface area (Å²) in [5, 5.41) is 0. The van der Waals surface area contributed by atoms with E-state index in [-0.39, 0.29) is 16.7 Å². The smallest absolute Gasteiger partial charge is 0.131 e. The Morgan fingerprint density at radius 1 is 0.556 bits per heavy atom. The first-order chi connectivity index (χ1) is 13.0. The van der Waals surface area contributed by atoms with Gasteiger partial charge in [0.05, 0.1) is 0 Å². The molecule has 0 bridgehead atoms. The van der Waals surface area contributed by atoms with Crippen LogP contribution in [0.1, 0.15) is 37.8 Å². The lowest BCUT2D eigenvalue weighted by Crippen LogP contribution is -1.95. The van der Waals surface area contributed by atoms with E-state index in [1.54, 1.807) is 18.2 Å². The maximum atomic E-state index is 14.7. The van der Waals surface area contributed by atoms with Gasteiger partial charge in [-0.1, -0.05) is 63.1 Å². The monoisotopic (exact) mass is 368 g/mol. The molecule has 0 atom stereocenters. The van der Waals surface area contributed by atoms with Crippen molar-refractivity contribution in [2.75, 3.05) is 0 Å². The molecule has 0 saturated carbocycles. The molecular formula is C24H23F3. The topological polar surface area (TPSA) is 0 Å². The summed E-state index contributed by atoms with van der Waals surface area (Å²) in [7, 11) is 0. The quantitative estimate of drug-likeness (QED) is 0.427. The highest BCUT2D eigenvalue weighted by atomic mass is 19.1. The van der Waals surface area contributed by atoms with Gasteiger partial charge in [0.1, 0.15) is 17.5 Å². The first-order valence-electron chi connectivity index (χ1n) is 9.40. The van der Waals surface area contributed by atoms with Crippen molar-refractivity contribution in [3.63, 3.8) is 0 Å². The molecule has 3 heteroatoms. The molecule has 0 heterocycles. The summed E-state index contributed by atoms with van der Waals surface area (Å²) in [6.45, 7) is 4.10. The first-order valence-corrected chi connectivity index (χ1v) is 9.40. The molecule has 140 valence electrons. The summed E-state index contributed by atoms with van der Waals surface area (Å²) >= 11 is 0. The number of hydrogen-bond acceptors (Lipinski definition) is 0. The molecule has 0 N–H and O–H groups in total. The standard InChI is InChI=1S/C24H23F3/c1-3-5-16-7-10-18(11-8-16)20-14-24(27)21(15-23(20)26)19-12-9-17(6-4-2)13-22(19)25/h7-15H,3-6H2,1-2H3. The number of rotatable bonds is 6. The van der Waals surface area contributed by atoms with Gasteiger partial charge in [-0.3, -0.25) is 0 Å². The minimum Gasteiger partial charge on any atom is -0.206 e. The molecule has 0 fully saturated rings. The van der Waals surface area contributed by atoms with Crippen LogP contribution in [0.3, 0.4) is 0 Å². The van der Waals surface area contributed by atoms with E-state index in [9.17, 15) is 13.2 Å². The molecule has 0 nitrogen and oxygen atoms in total. The van der Waals surface area contributed by atoms with Crippen LogP contribution in [0.4, 0.5) is 13.2 Å². The van der Waals surface area contributed by atoms with Crippen LogP contribution >= 0.6 is 0 Å². The van der Waals surface area contributed by atoms with Crippen LogP contribution in [0.2, 0.25) is 0 Å². The van der Waals surface area contributed by atoms with Crippen LogP contribution in [0.15, 0.2) is 54.6 Å². The Labute approximate surface area is 158 Å². The van der Waals surface area contributed by atoms with Crippen LogP contribution < -0.4 is 0 Å². The Hall–Kier alpha value is -2.55. The van der Waals surface area contributed by atoms with Crippen molar-refractivity contribution < 1.29 is 13.2 Å². The van der Waals surface area contributed by atoms with Gasteiger partial charge in [0.15, 0.2) is 0 Å². The van der Waals surface area contributed by atoms with E-state index in [0.29, 0.717) is 5.56 Å². The average Bonchev–Trinajstić information content (AvgIpc) is 2.65. The molecule has 3 aromatic rings. The fourth-order valence-electron chi connectivity index (χ4n) is 3.34. The summed E-state index contributed by atoms with van der Waals surface area (Å²) in [6.07, 6.45) is 3.62. The maximum Gasteiger partial charge on any atom is 0.131 e. The molecular weight excluding hydrogens is 345 g/mol. The normalized spacial score (nSPS) is 11.0. The second-order valence-corrected chi connectivity index (χ2v) is 6.82. The maximum absolute atomic E-state index is 14.7. The average molecular weight is 368 g/mol. The van der Waals surface area contributed by atoms with Gasteiger partial charge in [0, 0.05) is 16.7 Å². The van der Waals surface area contributed by atoms with E-state index < -0.39 is 17.5 Å². The third-order valence-corrected chi connectivity index (χ3v) is 4.72. The molecule has 0 unspecified atom stereocenters. The van der Waals surface area contributed by atoms with Crippen molar-refractivity contribution in [2.45, 2.75) is 39.5 Å². The van der Waals surface area contributed by atoms with Crippen LogP contribution in [0, 0.1) is 17.5 Å². The molecule has 0 aromatic heterocycles. The van der Waals surface area contributed by atoms with Crippen molar-refractivity contribution in [3.05, 3.63) is 83.2 Å². The molecule has 0 amide bonds. The molecule has 0 spiro atoms. The number of aryl methyl sites for hydroxylation is 2. The van der Waals surface area contributed by atoms with E-state index in [4.69, 9.17) is 0 Å². The van der Waals surface area contributed by atoms with Crippen LogP contribution in [0.25, 0.3) is 22.3 Å². The zero-order valence-corrected chi connectivity index (χ0v) is 15.7. The second kappa shape index (κ2) is 8.43. The Bertz CT molecular complexity index is 927. The molecule has 0 radical (unpaired) electrons. The second-order valence-electron chi connectivity index (χ2n) is 6.82. The highest BCUT2D eigenvalue weighted by Crippen LogP contribution is 2.32. The zero-order chi connectivity index (χ0) is 19.4. The predicted octanol–water partition coefficient (Wildman–Crippen LogP) is 7.34. The molecule has 27 heavy (non-hydrogen) atoms. The van der Waals surface area contributed by atoms with Gasteiger partial charge in [0.25, 0.3) is 0 Å². The van der Waals surface area contributed by atoms with Gasteiger partial charge in [-0.05, 0) is 47.7 Å². The Morgan fingerprint density at radius 3 is 1.70 bits per heavy atom. The summed E-state index contributed by atoms with van der Waals surface area (Å²) in [4.78, 5) is 0. The van der Waals surface area contributed by atoms with Gasteiger partial charge in [0.2, 0.25) is 0 Å². The lowest BCUT2D eigenvalue weighted by Gasteiger charge is -2.11. The van der Waals surface area contributed by atoms with Crippen LogP contribution in [0.5, 0.6) is 0 Å². The highest BCUT2D eigenvalue weighted by Gasteiger charge is 2.16. The van der Waals surface area contributed by atoms with Crippen LogP contribution in [-0.4, -0.2) is 0 Å². The summed E-state index contributed by atoms with van der Waals surface area (Å²) in [5.74, 6) is -1.73. The largest absolute Gasteiger partial charge is 0.206 e. The Balaban J connectivity index is 1.98. The third kappa shape index (κ3) is 4.24. The third-order valence-electron chi connectivity index (χ3n) is 4.72.